The lowest BCUT2D eigenvalue weighted by molar-refractivity contribution is -0.117. The maximum absolute atomic E-state index is 13.3. The number of thiazole rings is 1. The average molecular weight is 434 g/mol. The highest BCUT2D eigenvalue weighted by Crippen LogP contribution is 2.36. The fourth-order valence-corrected chi connectivity index (χ4v) is 6.99. The van der Waals surface area contributed by atoms with Crippen LogP contribution in [0.1, 0.15) is 59.5 Å². The topological polar surface area (TPSA) is 91.7 Å². The molecule has 0 radical (unpaired) electrons. The molecular formula is C21H27N3O3S2. The Morgan fingerprint density at radius 3 is 2.62 bits per heavy atom. The summed E-state index contributed by atoms with van der Waals surface area (Å²) in [5.41, 5.74) is 5.56. The van der Waals surface area contributed by atoms with E-state index in [0.29, 0.717) is 9.22 Å². The number of hydrogen-bond donors (Lipinski definition) is 2. The van der Waals surface area contributed by atoms with E-state index in [2.05, 4.69) is 20.1 Å². The van der Waals surface area contributed by atoms with Crippen LogP contribution in [0.3, 0.4) is 0 Å². The third-order valence-electron chi connectivity index (χ3n) is 5.71. The first-order valence-electron chi connectivity index (χ1n) is 10.0. The van der Waals surface area contributed by atoms with Gasteiger partial charge in [0.25, 0.3) is 5.91 Å². The predicted molar refractivity (Wildman–Crippen MR) is 114 cm³/mol. The summed E-state index contributed by atoms with van der Waals surface area (Å²) in [6.07, 6.45) is 8.27. The van der Waals surface area contributed by atoms with E-state index in [0.717, 1.165) is 49.0 Å². The van der Waals surface area contributed by atoms with Crippen LogP contribution in [0.4, 0.5) is 0 Å². The second-order valence-electron chi connectivity index (χ2n) is 8.27. The molecule has 1 aromatic heterocycles. The lowest BCUT2D eigenvalue weighted by Crippen LogP contribution is -2.20. The molecular weight excluding hydrogens is 406 g/mol. The molecule has 1 amide bonds. The van der Waals surface area contributed by atoms with Crippen molar-refractivity contribution in [3.8, 4) is 0 Å². The lowest BCUT2D eigenvalue weighted by atomic mass is 9.93. The largest absolute Gasteiger partial charge is 0.383 e. The summed E-state index contributed by atoms with van der Waals surface area (Å²) < 4.78 is 20.4. The van der Waals surface area contributed by atoms with Crippen molar-refractivity contribution in [3.05, 3.63) is 45.1 Å². The van der Waals surface area contributed by atoms with Crippen molar-refractivity contribution in [2.75, 3.05) is 7.05 Å². The van der Waals surface area contributed by atoms with Gasteiger partial charge in [0, 0.05) is 0 Å². The Balaban J connectivity index is 1.65. The molecule has 1 heterocycles. The van der Waals surface area contributed by atoms with Crippen molar-refractivity contribution in [1.29, 1.82) is 0 Å². The summed E-state index contributed by atoms with van der Waals surface area (Å²) in [6.45, 7) is 3.24. The van der Waals surface area contributed by atoms with Crippen LogP contribution in [0.5, 0.6) is 0 Å². The van der Waals surface area contributed by atoms with E-state index < -0.39 is 21.4 Å². The number of benzene rings is 1. The summed E-state index contributed by atoms with van der Waals surface area (Å²) in [5.74, 6) is -0.394. The minimum Gasteiger partial charge on any atom is -0.383 e. The van der Waals surface area contributed by atoms with Gasteiger partial charge in [-0.2, -0.15) is 0 Å². The van der Waals surface area contributed by atoms with E-state index in [1.165, 1.54) is 41.9 Å². The number of nitrogens with one attached hydrogen (secondary N) is 1. The minimum atomic E-state index is -3.12. The van der Waals surface area contributed by atoms with Gasteiger partial charge in [-0.25, -0.2) is 13.9 Å². The number of carbonyl (C=O) groups is 1. The van der Waals surface area contributed by atoms with Crippen molar-refractivity contribution in [1.82, 2.24) is 9.71 Å². The third-order valence-corrected chi connectivity index (χ3v) is 9.41. The molecule has 2 N–H and O–H groups in total. The summed E-state index contributed by atoms with van der Waals surface area (Å²) in [6, 6.07) is 2.18. The van der Waals surface area contributed by atoms with Gasteiger partial charge in [-0.1, -0.05) is 6.07 Å². The summed E-state index contributed by atoms with van der Waals surface area (Å²) in [4.78, 5) is 17.0. The summed E-state index contributed by atoms with van der Waals surface area (Å²) in [7, 11) is -1.60. The fourth-order valence-electron chi connectivity index (χ4n) is 4.36. The maximum atomic E-state index is 13.3. The van der Waals surface area contributed by atoms with Gasteiger partial charge in [0.05, 0.1) is 12.6 Å². The van der Waals surface area contributed by atoms with Crippen LogP contribution in [-0.4, -0.2) is 27.3 Å². The molecule has 0 saturated carbocycles. The zero-order chi connectivity index (χ0) is 20.8. The molecule has 2 aliphatic carbocycles. The van der Waals surface area contributed by atoms with Crippen LogP contribution in [0, 0.1) is 0 Å². The third kappa shape index (κ3) is 3.91. The Morgan fingerprint density at radius 1 is 1.24 bits per heavy atom. The first kappa shape index (κ1) is 20.7. The molecule has 0 saturated heterocycles. The molecule has 2 aromatic rings. The number of aliphatic hydroxyl groups is 1. The molecule has 29 heavy (non-hydrogen) atoms. The smallest absolute Gasteiger partial charge is 0.259 e. The van der Waals surface area contributed by atoms with E-state index in [-0.39, 0.29) is 6.42 Å². The fraction of sp³-hybridized carbons (Fsp3) is 0.524. The van der Waals surface area contributed by atoms with Crippen LogP contribution in [0.2, 0.25) is 0 Å². The Kier molecular flexibility index (Phi) is 5.40. The molecule has 0 aliphatic heterocycles. The van der Waals surface area contributed by atoms with E-state index in [4.69, 9.17) is 0 Å². The molecule has 0 fully saturated rings. The molecule has 4 rings (SSSR count). The van der Waals surface area contributed by atoms with Crippen molar-refractivity contribution in [2.45, 2.75) is 68.6 Å². The SMILES string of the molecule is CNS(=O)(=NC(=O)Cc1cc2c(c3c1CCC3)CCC2)c1cnc(C(C)(C)O)s1. The lowest BCUT2D eigenvalue weighted by Gasteiger charge is -2.13. The molecule has 1 unspecified atom stereocenters. The van der Waals surface area contributed by atoms with Crippen LogP contribution >= 0.6 is 11.3 Å². The number of fused-ring (bicyclic) bond motifs is 3. The maximum Gasteiger partial charge on any atom is 0.259 e. The number of aromatic nitrogens is 1. The van der Waals surface area contributed by atoms with Crippen molar-refractivity contribution in [3.63, 3.8) is 0 Å². The van der Waals surface area contributed by atoms with E-state index in [1.54, 1.807) is 13.8 Å². The Labute approximate surface area is 176 Å². The molecule has 0 spiro atoms. The van der Waals surface area contributed by atoms with E-state index >= 15 is 0 Å². The number of nitrogens with zero attached hydrogens (tertiary/aromatic N) is 2. The van der Waals surface area contributed by atoms with Crippen molar-refractivity contribution in [2.24, 2.45) is 4.36 Å². The standard InChI is InChI=1S/C21H27N3O3S2/c1-21(2,26)20-23-12-19(28-20)29(27,22-3)24-18(25)11-14-10-13-6-4-7-15(13)17-9-5-8-16(14)17/h10,12,26H,4-9,11H2,1-3H3,(H,22,24,25,27). The van der Waals surface area contributed by atoms with E-state index in [9.17, 15) is 14.1 Å². The first-order chi connectivity index (χ1) is 13.7. The van der Waals surface area contributed by atoms with Gasteiger partial charge >= 0.3 is 0 Å². The number of carbonyl (C=O) groups excluding carboxylic acids is 1. The quantitative estimate of drug-likeness (QED) is 0.758. The highest BCUT2D eigenvalue weighted by atomic mass is 32.2. The second kappa shape index (κ2) is 7.58. The van der Waals surface area contributed by atoms with Crippen molar-refractivity contribution < 1.29 is 14.1 Å². The van der Waals surface area contributed by atoms with Gasteiger partial charge in [-0.15, -0.1) is 15.7 Å². The molecule has 1 aromatic carbocycles. The number of amides is 1. The number of aryl methyl sites for hydroxylation is 1. The van der Waals surface area contributed by atoms with E-state index in [1.807, 2.05) is 0 Å². The second-order valence-corrected chi connectivity index (χ2v) is 11.6. The predicted octanol–water partition coefficient (Wildman–Crippen LogP) is 3.08. The van der Waals surface area contributed by atoms with Crippen LogP contribution < -0.4 is 4.72 Å². The molecule has 1 atom stereocenters. The minimum absolute atomic E-state index is 0.172. The number of hydrogen-bond acceptors (Lipinski definition) is 5. The Hall–Kier alpha value is -1.61. The zero-order valence-electron chi connectivity index (χ0n) is 17.1. The van der Waals surface area contributed by atoms with Crippen LogP contribution in [0.25, 0.3) is 0 Å². The molecule has 6 nitrogen and oxygen atoms in total. The summed E-state index contributed by atoms with van der Waals surface area (Å²) >= 11 is 1.11. The normalized spacial score (nSPS) is 17.7. The average Bonchev–Trinajstić information content (AvgIpc) is 3.39. The molecule has 2 aliphatic rings. The van der Waals surface area contributed by atoms with Gasteiger partial charge in [0.15, 0.2) is 9.92 Å². The van der Waals surface area contributed by atoms with Gasteiger partial charge in [0.2, 0.25) is 0 Å². The monoisotopic (exact) mass is 433 g/mol. The Morgan fingerprint density at radius 2 is 1.93 bits per heavy atom. The van der Waals surface area contributed by atoms with Gasteiger partial charge in [0.1, 0.15) is 14.8 Å². The summed E-state index contributed by atoms with van der Waals surface area (Å²) in [5, 5.41) is 10.6. The molecule has 156 valence electrons. The molecule has 0 bridgehead atoms. The zero-order valence-corrected chi connectivity index (χ0v) is 18.7. The van der Waals surface area contributed by atoms with Gasteiger partial charge in [-0.05, 0) is 87.2 Å². The highest BCUT2D eigenvalue weighted by Gasteiger charge is 2.27. The highest BCUT2D eigenvalue weighted by molar-refractivity contribution is 7.94. The Bertz CT molecular complexity index is 1090. The first-order valence-corrected chi connectivity index (χ1v) is 12.4. The van der Waals surface area contributed by atoms with Gasteiger partial charge < -0.3 is 5.11 Å². The van der Waals surface area contributed by atoms with Gasteiger partial charge in [-0.3, -0.25) is 4.79 Å². The molecule has 8 heteroatoms. The van der Waals surface area contributed by atoms with Crippen LogP contribution in [0.15, 0.2) is 20.8 Å². The number of rotatable bonds is 5. The van der Waals surface area contributed by atoms with Crippen LogP contribution in [-0.2, 0) is 52.4 Å². The van der Waals surface area contributed by atoms with Crippen molar-refractivity contribution >= 4 is 27.2 Å².